The fourth-order valence-corrected chi connectivity index (χ4v) is 4.31. The van der Waals surface area contributed by atoms with Gasteiger partial charge in [-0.15, -0.1) is 10.2 Å². The molecule has 2 aromatic heterocycles. The van der Waals surface area contributed by atoms with Crippen molar-refractivity contribution in [1.29, 1.82) is 0 Å². The van der Waals surface area contributed by atoms with E-state index in [1.807, 2.05) is 67.6 Å². The molecule has 0 saturated carbocycles. The Bertz CT molecular complexity index is 1210. The number of aromatic amines is 1. The van der Waals surface area contributed by atoms with Crippen LogP contribution in [0.15, 0.2) is 65.7 Å². The van der Waals surface area contributed by atoms with Gasteiger partial charge in [0.2, 0.25) is 5.65 Å². The van der Waals surface area contributed by atoms with Crippen molar-refractivity contribution in [1.82, 2.24) is 25.1 Å². The highest BCUT2D eigenvalue weighted by atomic mass is 32.2. The molecule has 7 nitrogen and oxygen atoms in total. The summed E-state index contributed by atoms with van der Waals surface area (Å²) in [4.78, 5) is 0. The molecule has 0 bridgehead atoms. The predicted octanol–water partition coefficient (Wildman–Crippen LogP) is 3.38. The summed E-state index contributed by atoms with van der Waals surface area (Å²) in [7, 11) is -3.77. The van der Waals surface area contributed by atoms with Gasteiger partial charge < -0.3 is 0 Å². The highest BCUT2D eigenvalue weighted by molar-refractivity contribution is 7.89. The first-order chi connectivity index (χ1) is 13.6. The van der Waals surface area contributed by atoms with Crippen LogP contribution in [-0.2, 0) is 10.0 Å². The van der Waals surface area contributed by atoms with Crippen LogP contribution < -0.4 is 4.72 Å². The molecular weight excluding hydrogens is 374 g/mol. The van der Waals surface area contributed by atoms with Gasteiger partial charge in [0.1, 0.15) is 5.69 Å². The number of rotatable bonds is 6. The van der Waals surface area contributed by atoms with Gasteiger partial charge in [-0.05, 0) is 12.0 Å². The minimum absolute atomic E-state index is 0.00174. The van der Waals surface area contributed by atoms with Gasteiger partial charge in [-0.25, -0.2) is 13.1 Å². The van der Waals surface area contributed by atoms with E-state index >= 15 is 0 Å². The minimum Gasteiger partial charge on any atom is -0.263 e. The second-order valence-electron chi connectivity index (χ2n) is 6.30. The van der Waals surface area contributed by atoms with Gasteiger partial charge in [-0.2, -0.15) is 5.10 Å². The molecule has 0 unspecified atom stereocenters. The molecule has 4 rings (SSSR count). The summed E-state index contributed by atoms with van der Waals surface area (Å²) in [5.41, 5.74) is 3.24. The van der Waals surface area contributed by atoms with Crippen molar-refractivity contribution in [2.24, 2.45) is 0 Å². The van der Waals surface area contributed by atoms with E-state index in [4.69, 9.17) is 0 Å². The second-order valence-corrected chi connectivity index (χ2v) is 8.01. The molecule has 8 heteroatoms. The maximum atomic E-state index is 12.9. The molecule has 0 atom stereocenters. The van der Waals surface area contributed by atoms with Crippen LogP contribution in [0.2, 0.25) is 0 Å². The fourth-order valence-electron chi connectivity index (χ4n) is 3.07. The Labute approximate surface area is 162 Å². The summed E-state index contributed by atoms with van der Waals surface area (Å²) < 4.78 is 28.3. The molecular formula is C20H19N5O2S. The van der Waals surface area contributed by atoms with Crippen LogP contribution in [0.25, 0.3) is 33.4 Å². The number of hydrogen-bond acceptors (Lipinski definition) is 5. The van der Waals surface area contributed by atoms with Crippen molar-refractivity contribution in [3.63, 3.8) is 0 Å². The predicted molar refractivity (Wildman–Crippen MR) is 108 cm³/mol. The third kappa shape index (κ3) is 3.28. The van der Waals surface area contributed by atoms with Crippen LogP contribution in [0, 0.1) is 0 Å². The summed E-state index contributed by atoms with van der Waals surface area (Å²) in [5, 5.41) is 15.7. The third-order valence-corrected chi connectivity index (χ3v) is 5.78. The van der Waals surface area contributed by atoms with E-state index in [1.54, 1.807) is 0 Å². The van der Waals surface area contributed by atoms with E-state index in [-0.39, 0.29) is 10.7 Å². The van der Waals surface area contributed by atoms with Gasteiger partial charge in [0.25, 0.3) is 10.0 Å². The fraction of sp³-hybridized carbons (Fsp3) is 0.150. The van der Waals surface area contributed by atoms with E-state index in [0.717, 1.165) is 11.1 Å². The molecule has 0 aliphatic heterocycles. The molecule has 2 heterocycles. The highest BCUT2D eigenvalue weighted by Crippen LogP contribution is 2.37. The molecule has 0 fully saturated rings. The van der Waals surface area contributed by atoms with E-state index in [2.05, 4.69) is 25.1 Å². The number of aromatic nitrogens is 4. The van der Waals surface area contributed by atoms with Crippen molar-refractivity contribution in [3.05, 3.63) is 60.7 Å². The number of fused-ring (bicyclic) bond motifs is 1. The average Bonchev–Trinajstić information content (AvgIpc) is 3.18. The SMILES string of the molecule is CCCNS(=O)(=O)c1[nH]nc2nnc(-c3ccccc3)c(-c3ccccc3)c12. The molecule has 0 spiro atoms. The quantitative estimate of drug-likeness (QED) is 0.523. The van der Waals surface area contributed by atoms with Crippen LogP contribution in [0.1, 0.15) is 13.3 Å². The normalized spacial score (nSPS) is 11.8. The van der Waals surface area contributed by atoms with Crippen molar-refractivity contribution in [2.45, 2.75) is 18.4 Å². The molecule has 0 aliphatic rings. The summed E-state index contributed by atoms with van der Waals surface area (Å²) in [5.74, 6) is 0. The Morgan fingerprint density at radius 1 is 0.929 bits per heavy atom. The lowest BCUT2D eigenvalue weighted by molar-refractivity contribution is 0.577. The van der Waals surface area contributed by atoms with Crippen molar-refractivity contribution < 1.29 is 8.42 Å². The van der Waals surface area contributed by atoms with Gasteiger partial charge in [-0.1, -0.05) is 67.6 Å². The largest absolute Gasteiger partial charge is 0.263 e. The number of nitrogens with zero attached hydrogens (tertiary/aromatic N) is 3. The van der Waals surface area contributed by atoms with E-state index in [0.29, 0.717) is 29.6 Å². The zero-order valence-corrected chi connectivity index (χ0v) is 16.1. The molecule has 0 radical (unpaired) electrons. The van der Waals surface area contributed by atoms with Crippen molar-refractivity contribution in [3.8, 4) is 22.4 Å². The Morgan fingerprint density at radius 3 is 2.21 bits per heavy atom. The average molecular weight is 393 g/mol. The summed E-state index contributed by atoms with van der Waals surface area (Å²) >= 11 is 0. The van der Waals surface area contributed by atoms with Gasteiger partial charge >= 0.3 is 0 Å². The minimum atomic E-state index is -3.77. The maximum absolute atomic E-state index is 12.9. The summed E-state index contributed by atoms with van der Waals surface area (Å²) in [6.07, 6.45) is 0.686. The smallest absolute Gasteiger partial charge is 0.258 e. The van der Waals surface area contributed by atoms with Crippen LogP contribution in [0.5, 0.6) is 0 Å². The Morgan fingerprint density at radius 2 is 1.57 bits per heavy atom. The molecule has 2 aromatic carbocycles. The van der Waals surface area contributed by atoms with E-state index in [9.17, 15) is 8.42 Å². The first-order valence-corrected chi connectivity index (χ1v) is 10.5. The number of H-pyrrole nitrogens is 1. The molecule has 0 aliphatic carbocycles. The number of nitrogens with one attached hydrogen (secondary N) is 2. The van der Waals surface area contributed by atoms with Gasteiger partial charge in [0, 0.05) is 17.7 Å². The zero-order chi connectivity index (χ0) is 19.6. The zero-order valence-electron chi connectivity index (χ0n) is 15.3. The molecule has 4 aromatic rings. The van der Waals surface area contributed by atoms with Crippen LogP contribution in [-0.4, -0.2) is 35.4 Å². The van der Waals surface area contributed by atoms with E-state index in [1.165, 1.54) is 0 Å². The first-order valence-electron chi connectivity index (χ1n) is 8.97. The summed E-state index contributed by atoms with van der Waals surface area (Å²) in [6, 6.07) is 19.1. The Kier molecular flexibility index (Phi) is 4.89. The number of hydrogen-bond donors (Lipinski definition) is 2. The van der Waals surface area contributed by atoms with Gasteiger partial charge in [-0.3, -0.25) is 5.10 Å². The van der Waals surface area contributed by atoms with Crippen LogP contribution >= 0.6 is 0 Å². The second kappa shape index (κ2) is 7.49. The maximum Gasteiger partial charge on any atom is 0.258 e. The van der Waals surface area contributed by atoms with Crippen molar-refractivity contribution in [2.75, 3.05) is 6.54 Å². The lowest BCUT2D eigenvalue weighted by Gasteiger charge is -2.11. The molecule has 28 heavy (non-hydrogen) atoms. The lowest BCUT2D eigenvalue weighted by atomic mass is 9.98. The standard InChI is InChI=1S/C20H19N5O2S/c1-2-13-21-28(26,27)20-17-16(14-9-5-3-6-10-14)18(15-11-7-4-8-12-15)22-23-19(17)24-25-20/h3-12,21H,2,13H2,1H3,(H,23,24,25). The third-order valence-electron chi connectivity index (χ3n) is 4.37. The van der Waals surface area contributed by atoms with E-state index < -0.39 is 10.0 Å². The number of benzene rings is 2. The number of sulfonamides is 1. The topological polar surface area (TPSA) is 101 Å². The molecule has 142 valence electrons. The van der Waals surface area contributed by atoms with Gasteiger partial charge in [0.05, 0.1) is 5.39 Å². The van der Waals surface area contributed by atoms with Gasteiger partial charge in [0.15, 0.2) is 5.03 Å². The van der Waals surface area contributed by atoms with Crippen LogP contribution in [0.4, 0.5) is 0 Å². The molecule has 0 saturated heterocycles. The van der Waals surface area contributed by atoms with Crippen LogP contribution in [0.3, 0.4) is 0 Å². The molecule has 2 N–H and O–H groups in total. The Balaban J connectivity index is 2.06. The first kappa shape index (κ1) is 18.3. The lowest BCUT2D eigenvalue weighted by Crippen LogP contribution is -2.25. The van der Waals surface area contributed by atoms with Crippen molar-refractivity contribution >= 4 is 21.1 Å². The molecule has 0 amide bonds. The Hall–Kier alpha value is -3.10. The summed E-state index contributed by atoms with van der Waals surface area (Å²) in [6.45, 7) is 2.25. The monoisotopic (exact) mass is 393 g/mol. The highest BCUT2D eigenvalue weighted by Gasteiger charge is 2.26.